The molecule has 2 rings (SSSR count). The fraction of sp³-hybridized carbons (Fsp3) is 1.00. The molecule has 1 heterocycles. The highest BCUT2D eigenvalue weighted by atomic mass is 32.2. The van der Waals surface area contributed by atoms with Crippen LogP contribution in [0.2, 0.25) is 0 Å². The summed E-state index contributed by atoms with van der Waals surface area (Å²) in [5, 5.41) is 4.42. The van der Waals surface area contributed by atoms with E-state index in [-0.39, 0.29) is 0 Å². The lowest BCUT2D eigenvalue weighted by atomic mass is 9.89. The molecule has 0 aromatic heterocycles. The lowest BCUT2D eigenvalue weighted by Crippen LogP contribution is -2.52. The predicted molar refractivity (Wildman–Crippen MR) is 77.8 cm³/mol. The van der Waals surface area contributed by atoms with Gasteiger partial charge >= 0.3 is 0 Å². The monoisotopic (exact) mass is 256 g/mol. The van der Waals surface area contributed by atoms with Gasteiger partial charge in [-0.15, -0.1) is 0 Å². The summed E-state index contributed by atoms with van der Waals surface area (Å²) in [7, 11) is 0. The van der Waals surface area contributed by atoms with Crippen LogP contribution in [-0.2, 0) is 0 Å². The second kappa shape index (κ2) is 6.44. The molecule has 2 unspecified atom stereocenters. The van der Waals surface area contributed by atoms with Gasteiger partial charge in [0.05, 0.1) is 0 Å². The Balaban J connectivity index is 1.83. The van der Waals surface area contributed by atoms with Crippen molar-refractivity contribution in [2.24, 2.45) is 0 Å². The highest BCUT2D eigenvalue weighted by Crippen LogP contribution is 2.31. The van der Waals surface area contributed by atoms with E-state index in [9.17, 15) is 0 Å². The van der Waals surface area contributed by atoms with Gasteiger partial charge in [0.15, 0.2) is 0 Å². The smallest absolute Gasteiger partial charge is 0.0187 e. The number of hydrogen-bond donors (Lipinski definition) is 1. The summed E-state index contributed by atoms with van der Waals surface area (Å²) in [6.07, 6.45) is 5.56. The lowest BCUT2D eigenvalue weighted by molar-refractivity contribution is 0.107. The third-order valence-corrected chi connectivity index (χ3v) is 5.93. The van der Waals surface area contributed by atoms with Crippen LogP contribution in [-0.4, -0.2) is 47.1 Å². The Morgan fingerprint density at radius 3 is 2.53 bits per heavy atom. The molecule has 1 aliphatic heterocycles. The first-order valence-electron chi connectivity index (χ1n) is 7.33. The van der Waals surface area contributed by atoms with E-state index in [4.69, 9.17) is 0 Å². The number of rotatable bonds is 3. The maximum Gasteiger partial charge on any atom is 0.0187 e. The maximum atomic E-state index is 3.61. The summed E-state index contributed by atoms with van der Waals surface area (Å²) in [6, 6.07) is 2.43. The van der Waals surface area contributed by atoms with Crippen LogP contribution in [0.4, 0.5) is 0 Å². The summed E-state index contributed by atoms with van der Waals surface area (Å²) >= 11 is 2.15. The maximum absolute atomic E-state index is 3.61. The van der Waals surface area contributed by atoms with Gasteiger partial charge < -0.3 is 5.32 Å². The van der Waals surface area contributed by atoms with E-state index in [0.29, 0.717) is 0 Å². The van der Waals surface area contributed by atoms with Gasteiger partial charge in [0, 0.05) is 35.7 Å². The largest absolute Gasteiger partial charge is 0.314 e. The Bertz CT molecular complexity index is 226. The zero-order chi connectivity index (χ0) is 12.3. The molecule has 0 spiro atoms. The van der Waals surface area contributed by atoms with Gasteiger partial charge in [-0.3, -0.25) is 4.90 Å². The van der Waals surface area contributed by atoms with Crippen molar-refractivity contribution < 1.29 is 0 Å². The van der Waals surface area contributed by atoms with Gasteiger partial charge in [-0.25, -0.2) is 0 Å². The third kappa shape index (κ3) is 3.39. The van der Waals surface area contributed by atoms with Gasteiger partial charge in [0.25, 0.3) is 0 Å². The molecule has 1 aliphatic carbocycles. The predicted octanol–water partition coefficient (Wildman–Crippen LogP) is 2.73. The van der Waals surface area contributed by atoms with Crippen molar-refractivity contribution >= 4 is 11.8 Å². The molecule has 2 aliphatic rings. The normalized spacial score (nSPS) is 40.4. The fourth-order valence-electron chi connectivity index (χ4n) is 3.37. The first kappa shape index (κ1) is 13.7. The van der Waals surface area contributed by atoms with Crippen molar-refractivity contribution in [1.29, 1.82) is 0 Å². The van der Waals surface area contributed by atoms with Crippen LogP contribution in [0, 0.1) is 0 Å². The minimum Gasteiger partial charge on any atom is -0.314 e. The molecule has 100 valence electrons. The van der Waals surface area contributed by atoms with Gasteiger partial charge in [-0.05, 0) is 39.2 Å². The van der Waals surface area contributed by atoms with Crippen molar-refractivity contribution in [3.05, 3.63) is 0 Å². The van der Waals surface area contributed by atoms with Gasteiger partial charge in [0.2, 0.25) is 0 Å². The van der Waals surface area contributed by atoms with Crippen LogP contribution in [0.3, 0.4) is 0 Å². The van der Waals surface area contributed by atoms with Crippen LogP contribution < -0.4 is 5.32 Å². The number of thioether (sulfide) groups is 1. The molecule has 2 nitrogen and oxygen atoms in total. The summed E-state index contributed by atoms with van der Waals surface area (Å²) in [5.41, 5.74) is 0. The van der Waals surface area contributed by atoms with E-state index in [1.807, 2.05) is 0 Å². The first-order chi connectivity index (χ1) is 8.22. The molecule has 3 heteroatoms. The van der Waals surface area contributed by atoms with Crippen LogP contribution in [0.1, 0.15) is 46.5 Å². The molecular weight excluding hydrogens is 228 g/mol. The summed E-state index contributed by atoms with van der Waals surface area (Å²) in [6.45, 7) is 9.48. The molecule has 2 atom stereocenters. The first-order valence-corrected chi connectivity index (χ1v) is 8.38. The molecule has 0 bridgehead atoms. The second-order valence-corrected chi connectivity index (χ2v) is 7.10. The molecule has 2 fully saturated rings. The molecule has 1 saturated heterocycles. The van der Waals surface area contributed by atoms with E-state index in [1.165, 1.54) is 38.0 Å². The van der Waals surface area contributed by atoms with Crippen LogP contribution >= 0.6 is 11.8 Å². The molecule has 1 N–H and O–H groups in total. The second-order valence-electron chi connectivity index (χ2n) is 5.62. The lowest BCUT2D eigenvalue weighted by Gasteiger charge is -2.45. The molecule has 1 saturated carbocycles. The zero-order valence-corrected chi connectivity index (χ0v) is 12.4. The van der Waals surface area contributed by atoms with Gasteiger partial charge in [0.1, 0.15) is 0 Å². The van der Waals surface area contributed by atoms with Crippen molar-refractivity contribution in [1.82, 2.24) is 10.2 Å². The topological polar surface area (TPSA) is 15.3 Å². The van der Waals surface area contributed by atoms with E-state index in [2.05, 4.69) is 42.7 Å². The molecule has 0 radical (unpaired) electrons. The van der Waals surface area contributed by atoms with Gasteiger partial charge in [-0.2, -0.15) is 11.8 Å². The molecule has 0 amide bonds. The molecular formula is C14H28N2S. The number of hydrogen-bond acceptors (Lipinski definition) is 3. The van der Waals surface area contributed by atoms with E-state index < -0.39 is 0 Å². The minimum absolute atomic E-state index is 0.773. The van der Waals surface area contributed by atoms with Crippen molar-refractivity contribution in [2.75, 3.05) is 18.8 Å². The molecule has 0 aromatic rings. The van der Waals surface area contributed by atoms with Crippen molar-refractivity contribution in [2.45, 2.75) is 69.8 Å². The Labute approximate surface area is 111 Å². The average Bonchev–Trinajstić information content (AvgIpc) is 2.34. The Morgan fingerprint density at radius 2 is 1.88 bits per heavy atom. The average molecular weight is 256 g/mol. The Kier molecular flexibility index (Phi) is 5.19. The van der Waals surface area contributed by atoms with Crippen molar-refractivity contribution in [3.8, 4) is 0 Å². The highest BCUT2D eigenvalue weighted by Gasteiger charge is 2.32. The Morgan fingerprint density at radius 1 is 1.18 bits per heavy atom. The van der Waals surface area contributed by atoms with Crippen LogP contribution in [0.25, 0.3) is 0 Å². The van der Waals surface area contributed by atoms with Crippen LogP contribution in [0.15, 0.2) is 0 Å². The SMILES string of the molecule is CCNC1CCC(N2CCSC(C)C2C)CC1. The van der Waals surface area contributed by atoms with Gasteiger partial charge in [-0.1, -0.05) is 13.8 Å². The zero-order valence-electron chi connectivity index (χ0n) is 11.6. The standard InChI is InChI=1S/C14H28N2S/c1-4-15-13-5-7-14(8-6-13)16-9-10-17-12(3)11(16)2/h11-15H,4-10H2,1-3H3. The minimum atomic E-state index is 0.773. The highest BCUT2D eigenvalue weighted by molar-refractivity contribution is 8.00. The number of nitrogens with zero attached hydrogens (tertiary/aromatic N) is 1. The summed E-state index contributed by atoms with van der Waals surface area (Å²) in [4.78, 5) is 2.79. The third-order valence-electron chi connectivity index (χ3n) is 4.59. The molecule has 0 aromatic carbocycles. The fourth-order valence-corrected chi connectivity index (χ4v) is 4.49. The Hall–Kier alpha value is 0.270. The van der Waals surface area contributed by atoms with E-state index >= 15 is 0 Å². The van der Waals surface area contributed by atoms with E-state index in [0.717, 1.165) is 29.9 Å². The number of nitrogens with one attached hydrogen (secondary N) is 1. The summed E-state index contributed by atoms with van der Waals surface area (Å²) in [5.74, 6) is 1.33. The van der Waals surface area contributed by atoms with E-state index in [1.54, 1.807) is 0 Å². The van der Waals surface area contributed by atoms with Crippen molar-refractivity contribution in [3.63, 3.8) is 0 Å². The quantitative estimate of drug-likeness (QED) is 0.836. The molecule has 17 heavy (non-hydrogen) atoms. The van der Waals surface area contributed by atoms with Crippen LogP contribution in [0.5, 0.6) is 0 Å². The summed E-state index contributed by atoms with van der Waals surface area (Å²) < 4.78 is 0.